The second-order valence-corrected chi connectivity index (χ2v) is 8.02. The third kappa shape index (κ3) is 5.21. The van der Waals surface area contributed by atoms with E-state index in [1.165, 1.54) is 0 Å². The van der Waals surface area contributed by atoms with Gasteiger partial charge >= 0.3 is 5.97 Å². The molecule has 2 N–H and O–H groups in total. The standard InChI is InChI=1S/C25H28N2O3/c1-5-6-19(14-25(28)29)18-7-9-21(10-8-18)30-24(11-16(2)3)22-13-20-15-26-27-23(20)12-17(22)4/h7-10,12-13,15-16,19,24H,11,14H2,1-4H3,(H,26,27)(H,28,29). The van der Waals surface area contributed by atoms with Gasteiger partial charge in [-0.15, -0.1) is 5.92 Å². The summed E-state index contributed by atoms with van der Waals surface area (Å²) in [7, 11) is 0. The van der Waals surface area contributed by atoms with Crippen molar-refractivity contribution in [1.82, 2.24) is 10.2 Å². The Morgan fingerprint density at radius 1 is 1.23 bits per heavy atom. The maximum atomic E-state index is 11.1. The fourth-order valence-corrected chi connectivity index (χ4v) is 3.67. The van der Waals surface area contributed by atoms with E-state index < -0.39 is 5.97 Å². The van der Waals surface area contributed by atoms with Crippen molar-refractivity contribution in [1.29, 1.82) is 0 Å². The average molecular weight is 405 g/mol. The Morgan fingerprint density at radius 2 is 1.97 bits per heavy atom. The van der Waals surface area contributed by atoms with E-state index in [0.29, 0.717) is 5.92 Å². The number of rotatable bonds is 8. The smallest absolute Gasteiger partial charge is 0.304 e. The molecule has 0 aliphatic rings. The number of aromatic nitrogens is 2. The molecule has 2 atom stereocenters. The molecule has 0 aliphatic carbocycles. The highest BCUT2D eigenvalue weighted by molar-refractivity contribution is 5.79. The summed E-state index contributed by atoms with van der Waals surface area (Å²) in [4.78, 5) is 11.1. The Bertz CT molecular complexity index is 1070. The molecular weight excluding hydrogens is 376 g/mol. The highest BCUT2D eigenvalue weighted by atomic mass is 16.5. The van der Waals surface area contributed by atoms with E-state index in [4.69, 9.17) is 9.84 Å². The van der Waals surface area contributed by atoms with E-state index in [2.05, 4.69) is 54.9 Å². The van der Waals surface area contributed by atoms with Crippen molar-refractivity contribution in [3.63, 3.8) is 0 Å². The molecule has 0 saturated carbocycles. The lowest BCUT2D eigenvalue weighted by Gasteiger charge is -2.23. The minimum atomic E-state index is -0.856. The number of aromatic amines is 1. The van der Waals surface area contributed by atoms with E-state index in [9.17, 15) is 4.79 Å². The summed E-state index contributed by atoms with van der Waals surface area (Å²) in [5.74, 6) is 5.86. The van der Waals surface area contributed by atoms with Crippen LogP contribution in [0.3, 0.4) is 0 Å². The number of ether oxygens (including phenoxy) is 1. The summed E-state index contributed by atoms with van der Waals surface area (Å²) in [6.45, 7) is 8.19. The fourth-order valence-electron chi connectivity index (χ4n) is 3.67. The average Bonchev–Trinajstić information content (AvgIpc) is 3.13. The number of hydrogen-bond donors (Lipinski definition) is 2. The second kappa shape index (κ2) is 9.49. The van der Waals surface area contributed by atoms with Crippen LogP contribution in [-0.2, 0) is 4.79 Å². The van der Waals surface area contributed by atoms with Gasteiger partial charge in [-0.2, -0.15) is 5.10 Å². The summed E-state index contributed by atoms with van der Waals surface area (Å²) in [5, 5.41) is 17.4. The van der Waals surface area contributed by atoms with Crippen molar-refractivity contribution >= 4 is 16.9 Å². The Kier molecular flexibility index (Phi) is 6.79. The molecule has 30 heavy (non-hydrogen) atoms. The third-order valence-electron chi connectivity index (χ3n) is 5.12. The van der Waals surface area contributed by atoms with Crippen molar-refractivity contribution in [2.45, 2.75) is 52.6 Å². The quantitative estimate of drug-likeness (QED) is 0.478. The maximum Gasteiger partial charge on any atom is 0.304 e. The number of nitrogens with one attached hydrogen (secondary N) is 1. The molecule has 1 aromatic heterocycles. The first kappa shape index (κ1) is 21.4. The van der Waals surface area contributed by atoms with Crippen molar-refractivity contribution in [3.8, 4) is 17.6 Å². The Labute approximate surface area is 177 Å². The molecule has 0 aliphatic heterocycles. The topological polar surface area (TPSA) is 75.2 Å². The Morgan fingerprint density at radius 3 is 2.60 bits per heavy atom. The van der Waals surface area contributed by atoms with Gasteiger partial charge in [-0.05, 0) is 67.1 Å². The van der Waals surface area contributed by atoms with Gasteiger partial charge in [0.05, 0.1) is 24.1 Å². The zero-order valence-electron chi connectivity index (χ0n) is 17.9. The highest BCUT2D eigenvalue weighted by Crippen LogP contribution is 2.32. The van der Waals surface area contributed by atoms with Crippen molar-refractivity contribution in [2.75, 3.05) is 0 Å². The van der Waals surface area contributed by atoms with E-state index >= 15 is 0 Å². The molecule has 156 valence electrons. The van der Waals surface area contributed by atoms with Gasteiger partial charge in [0, 0.05) is 5.39 Å². The minimum Gasteiger partial charge on any atom is -0.486 e. The SMILES string of the molecule is CC#CC(CC(=O)O)c1ccc(OC(CC(C)C)c2cc3cn[nH]c3cc2C)cc1. The van der Waals surface area contributed by atoms with Gasteiger partial charge in [0.1, 0.15) is 11.9 Å². The van der Waals surface area contributed by atoms with Crippen molar-refractivity contribution in [3.05, 3.63) is 59.3 Å². The molecule has 3 rings (SSSR count). The number of fused-ring (bicyclic) bond motifs is 1. The van der Waals surface area contributed by atoms with Crippen LogP contribution in [0.2, 0.25) is 0 Å². The highest BCUT2D eigenvalue weighted by Gasteiger charge is 2.19. The molecule has 0 radical (unpaired) electrons. The molecule has 0 fully saturated rings. The molecule has 0 bridgehead atoms. The van der Waals surface area contributed by atoms with Crippen LogP contribution in [0.25, 0.3) is 10.9 Å². The van der Waals surface area contributed by atoms with Gasteiger partial charge in [-0.3, -0.25) is 9.89 Å². The van der Waals surface area contributed by atoms with Crippen LogP contribution in [0.1, 0.15) is 62.3 Å². The fraction of sp³-hybridized carbons (Fsp3) is 0.360. The number of carbonyl (C=O) groups is 1. The first-order valence-corrected chi connectivity index (χ1v) is 10.2. The largest absolute Gasteiger partial charge is 0.486 e. The maximum absolute atomic E-state index is 11.1. The third-order valence-corrected chi connectivity index (χ3v) is 5.12. The number of carboxylic acid groups (broad SMARTS) is 1. The lowest BCUT2D eigenvalue weighted by Crippen LogP contribution is -2.12. The Balaban J connectivity index is 1.86. The predicted molar refractivity (Wildman–Crippen MR) is 119 cm³/mol. The molecular formula is C25H28N2O3. The van der Waals surface area contributed by atoms with Gasteiger partial charge in [0.2, 0.25) is 0 Å². The van der Waals surface area contributed by atoms with Gasteiger partial charge in [-0.25, -0.2) is 0 Å². The van der Waals surface area contributed by atoms with Crippen LogP contribution in [0.4, 0.5) is 0 Å². The van der Waals surface area contributed by atoms with Crippen LogP contribution in [-0.4, -0.2) is 21.3 Å². The molecule has 5 heteroatoms. The number of carboxylic acids is 1. The van der Waals surface area contributed by atoms with E-state index in [0.717, 1.165) is 39.8 Å². The summed E-state index contributed by atoms with van der Waals surface area (Å²) in [6.07, 6.45) is 2.62. The van der Waals surface area contributed by atoms with Crippen LogP contribution in [0.15, 0.2) is 42.6 Å². The number of benzene rings is 2. The van der Waals surface area contributed by atoms with Crippen LogP contribution < -0.4 is 4.74 Å². The first-order valence-electron chi connectivity index (χ1n) is 10.2. The summed E-state index contributed by atoms with van der Waals surface area (Å²) < 4.78 is 6.41. The molecule has 5 nitrogen and oxygen atoms in total. The molecule has 0 spiro atoms. The molecule has 1 heterocycles. The molecule has 2 aromatic carbocycles. The minimum absolute atomic E-state index is 0.0130. The zero-order valence-corrected chi connectivity index (χ0v) is 17.9. The van der Waals surface area contributed by atoms with E-state index in [1.54, 1.807) is 6.92 Å². The lowest BCUT2D eigenvalue weighted by molar-refractivity contribution is -0.137. The first-order chi connectivity index (χ1) is 14.4. The normalized spacial score (nSPS) is 13.0. The van der Waals surface area contributed by atoms with Crippen molar-refractivity contribution in [2.24, 2.45) is 5.92 Å². The van der Waals surface area contributed by atoms with E-state index in [-0.39, 0.29) is 18.4 Å². The van der Waals surface area contributed by atoms with Crippen LogP contribution in [0, 0.1) is 24.7 Å². The van der Waals surface area contributed by atoms with E-state index in [1.807, 2.05) is 30.5 Å². The molecule has 0 saturated heterocycles. The summed E-state index contributed by atoms with van der Waals surface area (Å²) >= 11 is 0. The van der Waals surface area contributed by atoms with Gasteiger partial charge in [-0.1, -0.05) is 31.9 Å². The predicted octanol–water partition coefficient (Wildman–Crippen LogP) is 5.62. The van der Waals surface area contributed by atoms with Gasteiger partial charge in [0.25, 0.3) is 0 Å². The number of H-pyrrole nitrogens is 1. The molecule has 3 aromatic rings. The van der Waals surface area contributed by atoms with Crippen molar-refractivity contribution < 1.29 is 14.6 Å². The van der Waals surface area contributed by atoms with Crippen LogP contribution in [0.5, 0.6) is 5.75 Å². The number of nitrogens with zero attached hydrogens (tertiary/aromatic N) is 1. The Hall–Kier alpha value is -3.26. The lowest BCUT2D eigenvalue weighted by atomic mass is 9.94. The number of aliphatic carboxylic acids is 1. The molecule has 2 unspecified atom stereocenters. The van der Waals surface area contributed by atoms with Gasteiger partial charge in [0.15, 0.2) is 0 Å². The molecule has 0 amide bonds. The summed E-state index contributed by atoms with van der Waals surface area (Å²) in [5.41, 5.74) is 4.22. The number of aryl methyl sites for hydroxylation is 1. The number of hydrogen-bond acceptors (Lipinski definition) is 3. The monoisotopic (exact) mass is 404 g/mol. The zero-order chi connectivity index (χ0) is 21.7. The van der Waals surface area contributed by atoms with Crippen LogP contribution >= 0.6 is 0 Å². The summed E-state index contributed by atoms with van der Waals surface area (Å²) in [6, 6.07) is 11.9. The second-order valence-electron chi connectivity index (χ2n) is 8.02. The van der Waals surface area contributed by atoms with Gasteiger partial charge < -0.3 is 9.84 Å².